The molecular formula is C36H28Cl2F5N3O4. The molecule has 1 aliphatic heterocycles. The summed E-state index contributed by atoms with van der Waals surface area (Å²) in [6, 6.07) is 21.7. The van der Waals surface area contributed by atoms with E-state index in [-0.39, 0.29) is 29.4 Å². The Labute approximate surface area is 293 Å². The first-order valence-corrected chi connectivity index (χ1v) is 16.1. The van der Waals surface area contributed by atoms with Crippen LogP contribution in [0.4, 0.5) is 22.0 Å². The number of nitrogens with one attached hydrogen (secondary N) is 1. The van der Waals surface area contributed by atoms with Gasteiger partial charge in [0.25, 0.3) is 5.91 Å². The molecule has 1 amide bonds. The van der Waals surface area contributed by atoms with E-state index in [9.17, 15) is 31.9 Å². The number of halogens is 7. The van der Waals surface area contributed by atoms with E-state index in [1.165, 1.54) is 6.33 Å². The molecule has 1 aromatic heterocycles. The first-order valence-electron chi connectivity index (χ1n) is 15.3. The van der Waals surface area contributed by atoms with Crippen molar-refractivity contribution in [2.75, 3.05) is 0 Å². The van der Waals surface area contributed by atoms with Gasteiger partial charge in [0.2, 0.25) is 5.82 Å². The van der Waals surface area contributed by atoms with Gasteiger partial charge in [0.05, 0.1) is 31.7 Å². The summed E-state index contributed by atoms with van der Waals surface area (Å²) >= 11 is 12.5. The Balaban J connectivity index is 1.24. The summed E-state index contributed by atoms with van der Waals surface area (Å²) in [5.74, 6) is -12.8. The second-order valence-electron chi connectivity index (χ2n) is 11.8. The Morgan fingerprint density at radius 3 is 2.12 bits per heavy atom. The maximum Gasteiger partial charge on any atom is 0.257 e. The number of nitrogens with zero attached hydrogens (tertiary/aromatic N) is 2. The van der Waals surface area contributed by atoms with E-state index in [1.54, 1.807) is 28.8 Å². The van der Waals surface area contributed by atoms with Crippen molar-refractivity contribution in [3.63, 3.8) is 0 Å². The van der Waals surface area contributed by atoms with Crippen molar-refractivity contribution in [2.24, 2.45) is 5.92 Å². The molecule has 7 nitrogen and oxygen atoms in total. The predicted molar refractivity (Wildman–Crippen MR) is 174 cm³/mol. The molecule has 0 bridgehead atoms. The molecule has 2 N–H and O–H groups in total. The van der Waals surface area contributed by atoms with Gasteiger partial charge in [-0.3, -0.25) is 4.79 Å². The third-order valence-corrected chi connectivity index (χ3v) is 9.31. The number of carbonyl (C=O) groups excluding carboxylic acids is 1. The normalized spacial score (nSPS) is 19.1. The van der Waals surface area contributed by atoms with Crippen molar-refractivity contribution in [3.05, 3.63) is 146 Å². The summed E-state index contributed by atoms with van der Waals surface area (Å²) in [6.45, 7) is 1.98. The lowest BCUT2D eigenvalue weighted by molar-refractivity contribution is -0.276. The van der Waals surface area contributed by atoms with Crippen LogP contribution in [0, 0.1) is 35.0 Å². The number of amides is 1. The fraction of sp³-hybridized carbons (Fsp3) is 0.222. The lowest BCUT2D eigenvalue weighted by Gasteiger charge is -2.41. The lowest BCUT2D eigenvalue weighted by atomic mass is 9.90. The molecule has 0 saturated carbocycles. The van der Waals surface area contributed by atoms with Crippen molar-refractivity contribution in [1.29, 1.82) is 0 Å². The van der Waals surface area contributed by atoms with E-state index in [0.717, 1.165) is 16.7 Å². The van der Waals surface area contributed by atoms with Crippen LogP contribution >= 0.6 is 23.2 Å². The zero-order chi connectivity index (χ0) is 35.7. The molecule has 1 saturated heterocycles. The number of hydrogen-bond acceptors (Lipinski definition) is 5. The molecule has 1 fully saturated rings. The smallest absolute Gasteiger partial charge is 0.257 e. The summed E-state index contributed by atoms with van der Waals surface area (Å²) in [5.41, 5.74) is 2.71. The number of aliphatic hydroxyl groups excluding tert-OH is 1. The number of aliphatic hydroxyl groups is 1. The summed E-state index contributed by atoms with van der Waals surface area (Å²) < 4.78 is 83.8. The summed E-state index contributed by atoms with van der Waals surface area (Å²) in [7, 11) is 0. The molecule has 6 rings (SSSR count). The molecule has 2 heterocycles. The molecule has 4 aromatic carbocycles. The Morgan fingerprint density at radius 1 is 0.840 bits per heavy atom. The van der Waals surface area contributed by atoms with Gasteiger partial charge in [-0.2, -0.15) is 0 Å². The third-order valence-electron chi connectivity index (χ3n) is 8.54. The highest BCUT2D eigenvalue weighted by Crippen LogP contribution is 2.43. The van der Waals surface area contributed by atoms with Crippen LogP contribution in [0.5, 0.6) is 0 Å². The molecule has 0 radical (unpaired) electrons. The van der Waals surface area contributed by atoms with Gasteiger partial charge in [-0.25, -0.2) is 26.9 Å². The van der Waals surface area contributed by atoms with Gasteiger partial charge in [0, 0.05) is 18.0 Å². The average Bonchev–Trinajstić information content (AvgIpc) is 3.45. The molecule has 0 unspecified atom stereocenters. The van der Waals surface area contributed by atoms with Gasteiger partial charge in [-0.05, 0) is 39.9 Å². The quantitative estimate of drug-likeness (QED) is 0.0903. The second kappa shape index (κ2) is 14.9. The first-order chi connectivity index (χ1) is 24.0. The average molecular weight is 733 g/mol. The lowest BCUT2D eigenvalue weighted by Crippen LogP contribution is -2.39. The molecule has 0 spiro atoms. The molecule has 0 aliphatic carbocycles. The van der Waals surface area contributed by atoms with Crippen LogP contribution in [0.15, 0.2) is 79.1 Å². The van der Waals surface area contributed by atoms with Gasteiger partial charge in [-0.1, -0.05) is 90.8 Å². The summed E-state index contributed by atoms with van der Waals surface area (Å²) in [4.78, 5) is 16.6. The number of hydrogen-bond donors (Lipinski definition) is 2. The molecule has 4 atom stereocenters. The maximum atomic E-state index is 14.2. The van der Waals surface area contributed by atoms with Crippen molar-refractivity contribution >= 4 is 29.1 Å². The van der Waals surface area contributed by atoms with Crippen molar-refractivity contribution in [1.82, 2.24) is 14.9 Å². The highest BCUT2D eigenvalue weighted by molar-refractivity contribution is 6.40. The van der Waals surface area contributed by atoms with Crippen molar-refractivity contribution in [2.45, 2.75) is 45.1 Å². The fourth-order valence-corrected chi connectivity index (χ4v) is 6.11. The SMILES string of the molecule is C[C@@H]1[C@H](Cn2cnc(Cl)c2Cl)O[C@H](c2cccc(-c3cccc(CNC(=O)c4c(F)c(F)c(F)c(F)c4F)c3)c2)O[C@@H]1c1ccc(CO)cc1. The van der Waals surface area contributed by atoms with Crippen LogP contribution < -0.4 is 5.32 Å². The zero-order valence-electron chi connectivity index (χ0n) is 26.1. The number of ether oxygens (including phenoxy) is 2. The summed E-state index contributed by atoms with van der Waals surface area (Å²) in [6.07, 6.45) is -0.0830. The van der Waals surface area contributed by atoms with Crippen LogP contribution in [0.1, 0.15) is 51.9 Å². The third kappa shape index (κ3) is 7.12. The van der Waals surface area contributed by atoms with E-state index in [2.05, 4.69) is 10.3 Å². The molecular weight excluding hydrogens is 704 g/mol. The maximum absolute atomic E-state index is 14.2. The number of rotatable bonds is 9. The zero-order valence-corrected chi connectivity index (χ0v) is 27.7. The van der Waals surface area contributed by atoms with Crippen LogP contribution in [-0.4, -0.2) is 26.7 Å². The number of aromatic nitrogens is 2. The van der Waals surface area contributed by atoms with Crippen molar-refractivity contribution in [3.8, 4) is 11.1 Å². The molecule has 1 aliphatic rings. The second-order valence-corrected chi connectivity index (χ2v) is 12.5. The Morgan fingerprint density at radius 2 is 1.48 bits per heavy atom. The topological polar surface area (TPSA) is 85.6 Å². The van der Waals surface area contributed by atoms with Gasteiger partial charge in [0.15, 0.2) is 34.7 Å². The Kier molecular flexibility index (Phi) is 10.6. The molecule has 260 valence electrons. The Hall–Kier alpha value is -4.33. The van der Waals surface area contributed by atoms with Gasteiger partial charge < -0.3 is 24.5 Å². The van der Waals surface area contributed by atoms with Crippen LogP contribution in [0.25, 0.3) is 11.1 Å². The number of benzene rings is 4. The number of imidazole rings is 1. The van der Waals surface area contributed by atoms with E-state index in [4.69, 9.17) is 32.7 Å². The summed E-state index contributed by atoms with van der Waals surface area (Å²) in [5, 5.41) is 12.2. The van der Waals surface area contributed by atoms with E-state index < -0.39 is 59.1 Å². The van der Waals surface area contributed by atoms with Gasteiger partial charge in [-0.15, -0.1) is 0 Å². The molecule has 50 heavy (non-hydrogen) atoms. The highest BCUT2D eigenvalue weighted by Gasteiger charge is 2.39. The largest absolute Gasteiger partial charge is 0.392 e. The molecule has 14 heteroatoms. The standard InChI is InChI=1S/C36H28Cl2F5N3O4/c1-18-25(15-46-17-45-33(37)34(46)38)49-36(50-32(18)21-10-8-19(16-47)9-11-21)24-7-3-6-23(13-24)22-5-2-4-20(12-22)14-44-35(48)26-27(39)29(41)31(43)30(42)28(26)40/h2-13,17-18,25,32,36,47H,14-16H2,1H3,(H,44,48)/t18-,25+,32+,36+/m1/s1. The first kappa shape index (κ1) is 35.5. The van der Waals surface area contributed by atoms with E-state index in [0.29, 0.717) is 23.2 Å². The van der Waals surface area contributed by atoms with Crippen LogP contribution in [-0.2, 0) is 29.2 Å². The number of carbonyl (C=O) groups is 1. The van der Waals surface area contributed by atoms with Gasteiger partial charge >= 0.3 is 0 Å². The highest BCUT2D eigenvalue weighted by atomic mass is 35.5. The van der Waals surface area contributed by atoms with E-state index >= 15 is 0 Å². The minimum absolute atomic E-state index is 0.0959. The van der Waals surface area contributed by atoms with Gasteiger partial charge in [0.1, 0.15) is 10.7 Å². The van der Waals surface area contributed by atoms with Crippen LogP contribution in [0.3, 0.4) is 0 Å². The minimum atomic E-state index is -2.35. The Bertz CT molecular complexity index is 2020. The molecule has 5 aromatic rings. The fourth-order valence-electron chi connectivity index (χ4n) is 5.79. The van der Waals surface area contributed by atoms with Crippen molar-refractivity contribution < 1.29 is 41.3 Å². The minimum Gasteiger partial charge on any atom is -0.392 e. The van der Waals surface area contributed by atoms with E-state index in [1.807, 2.05) is 55.5 Å². The van der Waals surface area contributed by atoms with Crippen LogP contribution in [0.2, 0.25) is 10.3 Å². The predicted octanol–water partition coefficient (Wildman–Crippen LogP) is 8.47. The monoisotopic (exact) mass is 731 g/mol.